The highest BCUT2D eigenvalue weighted by Gasteiger charge is 2.49. The third kappa shape index (κ3) is 4.87. The minimum absolute atomic E-state index is 0.136. The molecule has 1 aliphatic carbocycles. The first-order chi connectivity index (χ1) is 16.0. The predicted octanol–water partition coefficient (Wildman–Crippen LogP) is 5.27. The molecule has 0 amide bonds. The molecule has 10 heteroatoms. The third-order valence-electron chi connectivity index (χ3n) is 6.21. The number of carbonyl (C=O) groups is 1. The highest BCUT2D eigenvalue weighted by atomic mass is 32.2. The second-order valence-corrected chi connectivity index (χ2v) is 10.2. The van der Waals surface area contributed by atoms with E-state index in [0.717, 1.165) is 24.8 Å². The van der Waals surface area contributed by atoms with Crippen molar-refractivity contribution in [3.8, 4) is 22.6 Å². The van der Waals surface area contributed by atoms with Crippen molar-refractivity contribution in [3.05, 3.63) is 47.0 Å². The number of hydrogen-bond acceptors (Lipinski definition) is 6. The molecule has 2 aromatic rings. The van der Waals surface area contributed by atoms with Crippen molar-refractivity contribution in [1.29, 1.82) is 0 Å². The van der Waals surface area contributed by atoms with Crippen molar-refractivity contribution in [2.45, 2.75) is 50.5 Å². The number of aryl methyl sites for hydroxylation is 2. The molecule has 0 aromatic heterocycles. The van der Waals surface area contributed by atoms with E-state index in [2.05, 4.69) is 4.18 Å². The van der Waals surface area contributed by atoms with Gasteiger partial charge in [0.2, 0.25) is 0 Å². The molecule has 0 saturated heterocycles. The zero-order valence-electron chi connectivity index (χ0n) is 18.8. The first-order valence-electron chi connectivity index (χ1n) is 11.0. The van der Waals surface area contributed by atoms with Crippen molar-refractivity contribution in [2.75, 3.05) is 13.7 Å². The average molecular weight is 499 g/mol. The van der Waals surface area contributed by atoms with Crippen molar-refractivity contribution < 1.29 is 40.0 Å². The molecule has 1 heterocycles. The summed E-state index contributed by atoms with van der Waals surface area (Å²) in [6.45, 7) is 2.29. The fourth-order valence-electron chi connectivity index (χ4n) is 4.36. The summed E-state index contributed by atoms with van der Waals surface area (Å²) in [5.74, 6) is -0.849. The topological polar surface area (TPSA) is 78.9 Å². The summed E-state index contributed by atoms with van der Waals surface area (Å²) >= 11 is 0. The minimum atomic E-state index is -5.93. The van der Waals surface area contributed by atoms with Gasteiger partial charge in [0.25, 0.3) is 0 Å². The van der Waals surface area contributed by atoms with Crippen LogP contribution in [-0.2, 0) is 26.1 Å². The Morgan fingerprint density at radius 3 is 2.59 bits per heavy atom. The zero-order valence-corrected chi connectivity index (χ0v) is 19.6. The van der Waals surface area contributed by atoms with E-state index in [1.165, 1.54) is 19.2 Å². The number of halogens is 3. The van der Waals surface area contributed by atoms with Gasteiger partial charge >= 0.3 is 21.6 Å². The van der Waals surface area contributed by atoms with Gasteiger partial charge in [-0.3, -0.25) is 4.79 Å². The van der Waals surface area contributed by atoms with E-state index in [1.807, 2.05) is 0 Å². The van der Waals surface area contributed by atoms with E-state index in [4.69, 9.17) is 9.47 Å². The van der Waals surface area contributed by atoms with E-state index >= 15 is 0 Å². The molecule has 2 aromatic carbocycles. The Bertz CT molecular complexity index is 1200. The molecule has 1 aliphatic heterocycles. The van der Waals surface area contributed by atoms with Gasteiger partial charge in [-0.25, -0.2) is 0 Å². The van der Waals surface area contributed by atoms with Crippen molar-refractivity contribution in [2.24, 2.45) is 5.92 Å². The molecule has 1 saturated carbocycles. The Morgan fingerprint density at radius 2 is 1.94 bits per heavy atom. The number of esters is 1. The van der Waals surface area contributed by atoms with Crippen LogP contribution in [0.4, 0.5) is 13.2 Å². The van der Waals surface area contributed by atoms with Gasteiger partial charge in [0, 0.05) is 5.56 Å². The maximum absolute atomic E-state index is 13.2. The molecule has 0 N–H and O–H groups in total. The highest BCUT2D eigenvalue weighted by molar-refractivity contribution is 7.88. The third-order valence-corrected chi connectivity index (χ3v) is 7.17. The summed E-state index contributed by atoms with van der Waals surface area (Å²) in [6.07, 6.45) is 3.80. The lowest BCUT2D eigenvalue weighted by Gasteiger charge is -2.25. The van der Waals surface area contributed by atoms with Crippen LogP contribution in [0, 0.1) is 12.8 Å². The SMILES string of the molecule is COC(=O)C(CC1CC1)c1c(C)ccc(OS(=O)(=O)C(F)(F)F)c1-c1ccc2c(c1)CCCO2. The molecule has 1 unspecified atom stereocenters. The molecule has 0 spiro atoms. The number of fused-ring (bicyclic) bond motifs is 1. The van der Waals surface area contributed by atoms with Gasteiger partial charge in [-0.2, -0.15) is 21.6 Å². The Labute approximate surface area is 196 Å². The maximum atomic E-state index is 13.2. The van der Waals surface area contributed by atoms with E-state index in [-0.39, 0.29) is 11.5 Å². The van der Waals surface area contributed by atoms with Crippen LogP contribution in [0.1, 0.15) is 48.3 Å². The largest absolute Gasteiger partial charge is 0.534 e. The van der Waals surface area contributed by atoms with Crippen LogP contribution < -0.4 is 8.92 Å². The molecule has 4 rings (SSSR count). The molecule has 2 aliphatic rings. The monoisotopic (exact) mass is 498 g/mol. The summed E-state index contributed by atoms with van der Waals surface area (Å²) in [6, 6.07) is 7.75. The van der Waals surface area contributed by atoms with Crippen LogP contribution in [0.25, 0.3) is 11.1 Å². The summed E-state index contributed by atoms with van der Waals surface area (Å²) in [5.41, 5.74) is -3.15. The molecule has 0 radical (unpaired) electrons. The van der Waals surface area contributed by atoms with Gasteiger partial charge in [-0.05, 0) is 72.6 Å². The summed E-state index contributed by atoms with van der Waals surface area (Å²) in [7, 11) is -4.68. The Hall–Kier alpha value is -2.75. The summed E-state index contributed by atoms with van der Waals surface area (Å²) in [5, 5.41) is 0. The molecule has 1 atom stereocenters. The molecule has 0 bridgehead atoms. The quantitative estimate of drug-likeness (QED) is 0.294. The lowest BCUT2D eigenvalue weighted by molar-refractivity contribution is -0.142. The lowest BCUT2D eigenvalue weighted by Crippen LogP contribution is -2.28. The summed E-state index contributed by atoms with van der Waals surface area (Å²) < 4.78 is 78.7. The fourth-order valence-corrected chi connectivity index (χ4v) is 4.83. The summed E-state index contributed by atoms with van der Waals surface area (Å²) in [4.78, 5) is 12.8. The highest BCUT2D eigenvalue weighted by Crippen LogP contribution is 2.47. The minimum Gasteiger partial charge on any atom is -0.493 e. The van der Waals surface area contributed by atoms with Gasteiger partial charge in [-0.1, -0.05) is 25.0 Å². The molecular formula is C24H25F3O6S. The van der Waals surface area contributed by atoms with Crippen molar-refractivity contribution in [1.82, 2.24) is 0 Å². The maximum Gasteiger partial charge on any atom is 0.534 e. The first kappa shape index (κ1) is 24.4. The van der Waals surface area contributed by atoms with Gasteiger partial charge in [0.1, 0.15) is 5.75 Å². The van der Waals surface area contributed by atoms with Gasteiger partial charge in [-0.15, -0.1) is 0 Å². The second-order valence-electron chi connectivity index (χ2n) is 8.68. The van der Waals surface area contributed by atoms with Crippen LogP contribution in [0.2, 0.25) is 0 Å². The standard InChI is InChI=1S/C24H25F3O6S/c1-14-5-9-20(33-34(29,30)24(25,26)27)22(17-8-10-19-16(13-17)4-3-11-32-19)21(14)18(23(28)31-2)12-15-6-7-15/h5,8-10,13,15,18H,3-4,6-7,11-12H2,1-2H3. The lowest BCUT2D eigenvalue weighted by atomic mass is 9.83. The van der Waals surface area contributed by atoms with Crippen LogP contribution in [0.3, 0.4) is 0 Å². The Morgan fingerprint density at radius 1 is 1.21 bits per heavy atom. The van der Waals surface area contributed by atoms with Gasteiger partial charge in [0.05, 0.1) is 19.6 Å². The van der Waals surface area contributed by atoms with Crippen molar-refractivity contribution in [3.63, 3.8) is 0 Å². The van der Waals surface area contributed by atoms with E-state index in [9.17, 15) is 26.4 Å². The first-order valence-corrected chi connectivity index (χ1v) is 12.4. The zero-order chi connectivity index (χ0) is 24.7. The van der Waals surface area contributed by atoms with Gasteiger partial charge in [0.15, 0.2) is 5.75 Å². The average Bonchev–Trinajstić information content (AvgIpc) is 3.61. The number of methoxy groups -OCH3 is 1. The number of alkyl halides is 3. The number of ether oxygens (including phenoxy) is 2. The molecular weight excluding hydrogens is 473 g/mol. The van der Waals surface area contributed by atoms with Crippen LogP contribution >= 0.6 is 0 Å². The smallest absolute Gasteiger partial charge is 0.493 e. The Kier molecular flexibility index (Phi) is 6.54. The normalized spacial score (nSPS) is 16.9. The second kappa shape index (κ2) is 9.13. The van der Waals surface area contributed by atoms with Crippen LogP contribution in [0.15, 0.2) is 30.3 Å². The molecule has 1 fully saturated rings. The Balaban J connectivity index is 1.94. The molecule has 184 valence electrons. The molecule has 34 heavy (non-hydrogen) atoms. The molecule has 6 nitrogen and oxygen atoms in total. The number of carbonyl (C=O) groups excluding carboxylic acids is 1. The number of rotatable bonds is 7. The van der Waals surface area contributed by atoms with E-state index < -0.39 is 33.3 Å². The predicted molar refractivity (Wildman–Crippen MR) is 118 cm³/mol. The van der Waals surface area contributed by atoms with E-state index in [0.29, 0.717) is 41.9 Å². The van der Waals surface area contributed by atoms with Crippen LogP contribution in [0.5, 0.6) is 11.5 Å². The van der Waals surface area contributed by atoms with Crippen molar-refractivity contribution >= 4 is 16.1 Å². The van der Waals surface area contributed by atoms with Crippen LogP contribution in [-0.4, -0.2) is 33.6 Å². The number of benzene rings is 2. The van der Waals surface area contributed by atoms with Gasteiger partial charge < -0.3 is 13.7 Å². The number of hydrogen-bond donors (Lipinski definition) is 0. The fraction of sp³-hybridized carbons (Fsp3) is 0.458. The van der Waals surface area contributed by atoms with E-state index in [1.54, 1.807) is 25.1 Å².